The second-order valence-corrected chi connectivity index (χ2v) is 6.00. The van der Waals surface area contributed by atoms with Gasteiger partial charge in [0.1, 0.15) is 11.6 Å². The zero-order chi connectivity index (χ0) is 19.1. The maximum Gasteiger partial charge on any atom is 0.408 e. The van der Waals surface area contributed by atoms with E-state index in [1.165, 1.54) is 10.7 Å². The Labute approximate surface area is 147 Å². The summed E-state index contributed by atoms with van der Waals surface area (Å²) in [6.45, 7) is 4.51. The second-order valence-electron chi connectivity index (χ2n) is 6.00. The highest BCUT2D eigenvalue weighted by atomic mass is 19.4. The first kappa shape index (κ1) is 17.8. The largest absolute Gasteiger partial charge is 0.408 e. The van der Waals surface area contributed by atoms with Crippen LogP contribution in [0, 0.1) is 13.8 Å². The molecule has 0 saturated heterocycles. The summed E-state index contributed by atoms with van der Waals surface area (Å²) in [5.74, 6) is -0.879. The first-order valence-corrected chi connectivity index (χ1v) is 7.83. The number of hydrogen-bond acceptors (Lipinski definition) is 4. The lowest BCUT2D eigenvalue weighted by Crippen LogP contribution is -2.43. The molecule has 1 amide bonds. The number of carbonyl (C=O) groups is 1. The number of fused-ring (bicyclic) bond motifs is 1. The molecule has 0 radical (unpaired) electrons. The van der Waals surface area contributed by atoms with Crippen LogP contribution < -0.4 is 5.32 Å². The summed E-state index contributed by atoms with van der Waals surface area (Å²) in [4.78, 5) is 20.9. The average Bonchev–Trinajstić information content (AvgIpc) is 2.99. The Bertz CT molecular complexity index is 963. The molecular weight excluding hydrogens is 347 g/mol. The Morgan fingerprint density at radius 2 is 1.96 bits per heavy atom. The number of nitrogens with zero attached hydrogens (tertiary/aromatic N) is 4. The normalized spacial score (nSPS) is 13.0. The van der Waals surface area contributed by atoms with Crippen LogP contribution >= 0.6 is 0 Å². The van der Waals surface area contributed by atoms with Crippen molar-refractivity contribution >= 4 is 11.6 Å². The van der Waals surface area contributed by atoms with Gasteiger partial charge in [-0.2, -0.15) is 18.3 Å². The summed E-state index contributed by atoms with van der Waals surface area (Å²) < 4.78 is 39.5. The SMILES string of the molecule is Cc1ccc(-c2cc(C)n3ncc(C(=O)N[C@H](C)C(F)(F)F)c3n2)cn1. The van der Waals surface area contributed by atoms with Crippen molar-refractivity contribution in [3.05, 3.63) is 47.5 Å². The number of hydrogen-bond donors (Lipinski definition) is 1. The lowest BCUT2D eigenvalue weighted by atomic mass is 10.1. The lowest BCUT2D eigenvalue weighted by molar-refractivity contribution is -0.149. The quantitative estimate of drug-likeness (QED) is 0.776. The topological polar surface area (TPSA) is 72.2 Å². The van der Waals surface area contributed by atoms with E-state index >= 15 is 0 Å². The molecule has 0 aliphatic heterocycles. The van der Waals surface area contributed by atoms with Gasteiger partial charge < -0.3 is 5.32 Å². The molecule has 136 valence electrons. The number of rotatable bonds is 3. The van der Waals surface area contributed by atoms with Crippen LogP contribution in [0.2, 0.25) is 0 Å². The van der Waals surface area contributed by atoms with Crippen LogP contribution in [0.15, 0.2) is 30.6 Å². The minimum absolute atomic E-state index is 0.0221. The molecule has 0 bridgehead atoms. The molecule has 0 aliphatic carbocycles. The molecule has 3 heterocycles. The van der Waals surface area contributed by atoms with E-state index in [9.17, 15) is 18.0 Å². The van der Waals surface area contributed by atoms with Crippen molar-refractivity contribution in [3.8, 4) is 11.3 Å². The third kappa shape index (κ3) is 3.37. The molecule has 0 spiro atoms. The molecule has 0 aliphatic rings. The van der Waals surface area contributed by atoms with Crippen LogP contribution in [0.5, 0.6) is 0 Å². The summed E-state index contributed by atoms with van der Waals surface area (Å²) >= 11 is 0. The smallest absolute Gasteiger partial charge is 0.340 e. The molecule has 3 aromatic heterocycles. The van der Waals surface area contributed by atoms with Crippen molar-refractivity contribution in [2.45, 2.75) is 33.0 Å². The van der Waals surface area contributed by atoms with Gasteiger partial charge >= 0.3 is 6.18 Å². The zero-order valence-corrected chi connectivity index (χ0v) is 14.3. The lowest BCUT2D eigenvalue weighted by Gasteiger charge is -2.16. The highest BCUT2D eigenvalue weighted by Gasteiger charge is 2.37. The minimum Gasteiger partial charge on any atom is -0.340 e. The maximum atomic E-state index is 12.7. The van der Waals surface area contributed by atoms with E-state index in [-0.39, 0.29) is 11.2 Å². The van der Waals surface area contributed by atoms with Crippen molar-refractivity contribution in [2.75, 3.05) is 0 Å². The summed E-state index contributed by atoms with van der Waals surface area (Å²) in [5, 5.41) is 5.99. The van der Waals surface area contributed by atoms with Gasteiger partial charge in [0.15, 0.2) is 5.65 Å². The van der Waals surface area contributed by atoms with E-state index in [1.54, 1.807) is 19.2 Å². The predicted molar refractivity (Wildman–Crippen MR) is 88.7 cm³/mol. The molecule has 6 nitrogen and oxygen atoms in total. The van der Waals surface area contributed by atoms with Gasteiger partial charge in [0.05, 0.1) is 11.9 Å². The van der Waals surface area contributed by atoms with E-state index in [2.05, 4.69) is 15.1 Å². The van der Waals surface area contributed by atoms with Crippen LogP contribution in [0.4, 0.5) is 13.2 Å². The third-order valence-electron chi connectivity index (χ3n) is 3.94. The van der Waals surface area contributed by atoms with Crippen molar-refractivity contribution in [1.29, 1.82) is 0 Å². The van der Waals surface area contributed by atoms with Crippen LogP contribution in [0.3, 0.4) is 0 Å². The van der Waals surface area contributed by atoms with Crippen LogP contribution in [-0.4, -0.2) is 37.7 Å². The van der Waals surface area contributed by atoms with Gasteiger partial charge in [-0.15, -0.1) is 0 Å². The number of pyridine rings is 1. The van der Waals surface area contributed by atoms with Crippen molar-refractivity contribution in [3.63, 3.8) is 0 Å². The molecule has 0 unspecified atom stereocenters. The third-order valence-corrected chi connectivity index (χ3v) is 3.94. The molecule has 3 rings (SSSR count). The van der Waals surface area contributed by atoms with E-state index < -0.39 is 18.1 Å². The second kappa shape index (κ2) is 6.40. The molecule has 0 aromatic carbocycles. The van der Waals surface area contributed by atoms with E-state index in [4.69, 9.17) is 0 Å². The van der Waals surface area contributed by atoms with Gasteiger partial charge in [0.2, 0.25) is 0 Å². The highest BCUT2D eigenvalue weighted by Crippen LogP contribution is 2.22. The summed E-state index contributed by atoms with van der Waals surface area (Å²) in [7, 11) is 0. The number of alkyl halides is 3. The van der Waals surface area contributed by atoms with Gasteiger partial charge in [0.25, 0.3) is 5.91 Å². The summed E-state index contributed by atoms with van der Waals surface area (Å²) in [5.41, 5.74) is 2.99. The fourth-order valence-electron chi connectivity index (χ4n) is 2.40. The van der Waals surface area contributed by atoms with Crippen molar-refractivity contribution in [1.82, 2.24) is 24.9 Å². The van der Waals surface area contributed by atoms with Crippen LogP contribution in [0.1, 0.15) is 28.7 Å². The minimum atomic E-state index is -4.53. The molecular formula is C17H16F3N5O. The monoisotopic (exact) mass is 363 g/mol. The number of carbonyl (C=O) groups excluding carboxylic acids is 1. The van der Waals surface area contributed by atoms with Gasteiger partial charge in [-0.3, -0.25) is 9.78 Å². The first-order chi connectivity index (χ1) is 12.2. The fourth-order valence-corrected chi connectivity index (χ4v) is 2.40. The van der Waals surface area contributed by atoms with Crippen molar-refractivity contribution < 1.29 is 18.0 Å². The molecule has 1 N–H and O–H groups in total. The maximum absolute atomic E-state index is 12.7. The van der Waals surface area contributed by atoms with E-state index in [1.807, 2.05) is 24.4 Å². The molecule has 0 fully saturated rings. The average molecular weight is 363 g/mol. The van der Waals surface area contributed by atoms with Gasteiger partial charge in [-0.05, 0) is 39.0 Å². The zero-order valence-electron chi connectivity index (χ0n) is 14.3. The Morgan fingerprint density at radius 1 is 1.23 bits per heavy atom. The van der Waals surface area contributed by atoms with Crippen LogP contribution in [0.25, 0.3) is 16.9 Å². The number of amides is 1. The Kier molecular flexibility index (Phi) is 4.39. The fraction of sp³-hybridized carbons (Fsp3) is 0.294. The van der Waals surface area contributed by atoms with Crippen LogP contribution in [-0.2, 0) is 0 Å². The van der Waals surface area contributed by atoms with Gasteiger partial charge in [0, 0.05) is 23.1 Å². The number of aromatic nitrogens is 4. The van der Waals surface area contributed by atoms with Crippen molar-refractivity contribution in [2.24, 2.45) is 0 Å². The number of aryl methyl sites for hydroxylation is 2. The van der Waals surface area contributed by atoms with Gasteiger partial charge in [-0.25, -0.2) is 9.50 Å². The standard InChI is InChI=1S/C17H16F3N5O/c1-9-4-5-12(7-21-9)14-6-10(2)25-15(24-14)13(8-22-25)16(26)23-11(3)17(18,19)20/h4-8,11H,1-3H3,(H,23,26)/t11-/m1/s1. The molecule has 0 saturated carbocycles. The first-order valence-electron chi connectivity index (χ1n) is 7.83. The Hall–Kier alpha value is -2.97. The number of nitrogens with one attached hydrogen (secondary N) is 1. The highest BCUT2D eigenvalue weighted by molar-refractivity contribution is 6.00. The molecule has 1 atom stereocenters. The number of halogens is 3. The molecule has 9 heteroatoms. The molecule has 3 aromatic rings. The van der Waals surface area contributed by atoms with E-state index in [0.29, 0.717) is 11.4 Å². The molecule has 26 heavy (non-hydrogen) atoms. The Morgan fingerprint density at radius 3 is 2.58 bits per heavy atom. The Balaban J connectivity index is 2.02. The predicted octanol–water partition coefficient (Wildman–Crippen LogP) is 3.09. The summed E-state index contributed by atoms with van der Waals surface area (Å²) in [6, 6.07) is 3.45. The van der Waals surface area contributed by atoms with Gasteiger partial charge in [-0.1, -0.05) is 0 Å². The van der Waals surface area contributed by atoms with E-state index in [0.717, 1.165) is 18.2 Å². The summed E-state index contributed by atoms with van der Waals surface area (Å²) in [6.07, 6.45) is -1.67.